The van der Waals surface area contributed by atoms with Crippen molar-refractivity contribution < 1.29 is 8.42 Å². The van der Waals surface area contributed by atoms with Gasteiger partial charge in [-0.15, -0.1) is 0 Å². The van der Waals surface area contributed by atoms with Crippen LogP contribution in [0.15, 0.2) is 30.5 Å². The van der Waals surface area contributed by atoms with Crippen LogP contribution in [0.25, 0.3) is 10.9 Å². The number of aryl methyl sites for hydroxylation is 2. The standard InChI is InChI=1S/C15H22N2O2S/c1-20(18,19)11-5-10-17-12-13(6-4-9-16)14-7-2-3-8-15(14)17/h2-3,7-8,12H,4-6,9-11,16H2,1H3. The Labute approximate surface area is 120 Å². The van der Waals surface area contributed by atoms with Crippen LogP contribution in [0.2, 0.25) is 0 Å². The second-order valence-corrected chi connectivity index (χ2v) is 7.50. The first kappa shape index (κ1) is 15.1. The molecule has 0 atom stereocenters. The third-order valence-electron chi connectivity index (χ3n) is 3.44. The van der Waals surface area contributed by atoms with Gasteiger partial charge in [0.05, 0.1) is 5.75 Å². The second-order valence-electron chi connectivity index (χ2n) is 5.24. The Bertz CT molecular complexity index is 674. The molecule has 2 N–H and O–H groups in total. The van der Waals surface area contributed by atoms with Crippen molar-refractivity contribution in [2.24, 2.45) is 5.73 Å². The van der Waals surface area contributed by atoms with Gasteiger partial charge in [-0.05, 0) is 37.4 Å². The minimum absolute atomic E-state index is 0.234. The number of aromatic nitrogens is 1. The highest BCUT2D eigenvalue weighted by atomic mass is 32.2. The van der Waals surface area contributed by atoms with Crippen LogP contribution in [0.1, 0.15) is 18.4 Å². The fraction of sp³-hybridized carbons (Fsp3) is 0.467. The Morgan fingerprint density at radius 2 is 1.95 bits per heavy atom. The number of sulfone groups is 1. The normalized spacial score (nSPS) is 12.1. The van der Waals surface area contributed by atoms with Gasteiger partial charge in [0.2, 0.25) is 0 Å². The van der Waals surface area contributed by atoms with Crippen LogP contribution in [-0.4, -0.2) is 31.5 Å². The summed E-state index contributed by atoms with van der Waals surface area (Å²) in [6.07, 6.45) is 6.01. The van der Waals surface area contributed by atoms with E-state index >= 15 is 0 Å². The molecule has 0 saturated heterocycles. The average Bonchev–Trinajstić information content (AvgIpc) is 2.74. The molecular formula is C15H22N2O2S. The van der Waals surface area contributed by atoms with E-state index in [1.165, 1.54) is 22.7 Å². The lowest BCUT2D eigenvalue weighted by atomic mass is 10.1. The average molecular weight is 294 g/mol. The highest BCUT2D eigenvalue weighted by Crippen LogP contribution is 2.22. The molecule has 5 heteroatoms. The number of rotatable bonds is 7. The second kappa shape index (κ2) is 6.41. The van der Waals surface area contributed by atoms with Gasteiger partial charge in [-0.1, -0.05) is 18.2 Å². The van der Waals surface area contributed by atoms with Gasteiger partial charge >= 0.3 is 0 Å². The molecule has 0 aliphatic carbocycles. The van der Waals surface area contributed by atoms with E-state index in [0.29, 0.717) is 13.0 Å². The predicted octanol–water partition coefficient (Wildman–Crippen LogP) is 1.97. The van der Waals surface area contributed by atoms with Crippen LogP contribution in [0.5, 0.6) is 0 Å². The van der Waals surface area contributed by atoms with Crippen molar-refractivity contribution in [1.82, 2.24) is 4.57 Å². The molecule has 0 aliphatic rings. The first-order valence-electron chi connectivity index (χ1n) is 6.96. The first-order valence-corrected chi connectivity index (χ1v) is 9.02. The fourth-order valence-electron chi connectivity index (χ4n) is 2.50. The monoisotopic (exact) mass is 294 g/mol. The van der Waals surface area contributed by atoms with Crippen LogP contribution in [0, 0.1) is 0 Å². The lowest BCUT2D eigenvalue weighted by Crippen LogP contribution is -2.06. The van der Waals surface area contributed by atoms with Crippen LogP contribution in [-0.2, 0) is 22.8 Å². The van der Waals surface area contributed by atoms with Gasteiger partial charge in [0, 0.05) is 29.9 Å². The number of nitrogens with two attached hydrogens (primary N) is 1. The number of benzene rings is 1. The molecule has 0 saturated carbocycles. The number of hydrogen-bond acceptors (Lipinski definition) is 3. The molecule has 0 bridgehead atoms. The maximum atomic E-state index is 11.2. The Kier molecular flexibility index (Phi) is 4.83. The largest absolute Gasteiger partial charge is 0.347 e. The molecule has 0 unspecified atom stereocenters. The molecule has 110 valence electrons. The summed E-state index contributed by atoms with van der Waals surface area (Å²) in [6, 6.07) is 8.26. The van der Waals surface area contributed by atoms with Gasteiger partial charge in [0.25, 0.3) is 0 Å². The highest BCUT2D eigenvalue weighted by Gasteiger charge is 2.08. The molecule has 4 nitrogen and oxygen atoms in total. The van der Waals surface area contributed by atoms with Crippen molar-refractivity contribution in [3.63, 3.8) is 0 Å². The Hall–Kier alpha value is -1.33. The quantitative estimate of drug-likeness (QED) is 0.849. The number of fused-ring (bicyclic) bond motifs is 1. The lowest BCUT2D eigenvalue weighted by molar-refractivity contribution is 0.593. The van der Waals surface area contributed by atoms with Gasteiger partial charge < -0.3 is 10.3 Å². The zero-order valence-electron chi connectivity index (χ0n) is 11.9. The third kappa shape index (κ3) is 3.84. The Morgan fingerprint density at radius 3 is 2.65 bits per heavy atom. The van der Waals surface area contributed by atoms with Crippen LogP contribution in [0.3, 0.4) is 0 Å². The minimum Gasteiger partial charge on any atom is -0.347 e. The summed E-state index contributed by atoms with van der Waals surface area (Å²) >= 11 is 0. The third-order valence-corrected chi connectivity index (χ3v) is 4.47. The van der Waals surface area contributed by atoms with E-state index in [-0.39, 0.29) is 5.75 Å². The molecule has 0 fully saturated rings. The van der Waals surface area contributed by atoms with Crippen molar-refractivity contribution in [3.8, 4) is 0 Å². The SMILES string of the molecule is CS(=O)(=O)CCCn1cc(CCCN)c2ccccc21. The van der Waals surface area contributed by atoms with E-state index in [1.54, 1.807) is 0 Å². The Morgan fingerprint density at radius 1 is 1.20 bits per heavy atom. The zero-order chi connectivity index (χ0) is 14.6. The van der Waals surface area contributed by atoms with Crippen molar-refractivity contribution >= 4 is 20.7 Å². The fourth-order valence-corrected chi connectivity index (χ4v) is 3.15. The number of nitrogens with zero attached hydrogens (tertiary/aromatic N) is 1. The van der Waals surface area contributed by atoms with E-state index in [0.717, 1.165) is 19.4 Å². The molecule has 1 heterocycles. The van der Waals surface area contributed by atoms with E-state index in [4.69, 9.17) is 5.73 Å². The molecule has 2 rings (SSSR count). The smallest absolute Gasteiger partial charge is 0.147 e. The summed E-state index contributed by atoms with van der Waals surface area (Å²) in [5, 5.41) is 1.25. The molecule has 0 amide bonds. The molecule has 2 aromatic rings. The molecule has 0 spiro atoms. The minimum atomic E-state index is -2.88. The molecule has 1 aromatic heterocycles. The van der Waals surface area contributed by atoms with Gasteiger partial charge in [0.1, 0.15) is 9.84 Å². The van der Waals surface area contributed by atoms with Gasteiger partial charge in [-0.3, -0.25) is 0 Å². The van der Waals surface area contributed by atoms with E-state index in [2.05, 4.69) is 22.9 Å². The molecule has 20 heavy (non-hydrogen) atoms. The van der Waals surface area contributed by atoms with Crippen molar-refractivity contribution in [2.75, 3.05) is 18.6 Å². The summed E-state index contributed by atoms with van der Waals surface area (Å²) in [5.41, 5.74) is 8.05. The van der Waals surface area contributed by atoms with Crippen LogP contribution < -0.4 is 5.73 Å². The molecular weight excluding hydrogens is 272 g/mol. The number of hydrogen-bond donors (Lipinski definition) is 1. The summed E-state index contributed by atoms with van der Waals surface area (Å²) in [4.78, 5) is 0. The van der Waals surface area contributed by atoms with Crippen molar-refractivity contribution in [1.29, 1.82) is 0 Å². The summed E-state index contributed by atoms with van der Waals surface area (Å²) in [5.74, 6) is 0.234. The predicted molar refractivity (Wildman–Crippen MR) is 83.6 cm³/mol. The van der Waals surface area contributed by atoms with E-state index in [1.807, 2.05) is 12.1 Å². The maximum absolute atomic E-state index is 11.2. The zero-order valence-corrected chi connectivity index (χ0v) is 12.7. The van der Waals surface area contributed by atoms with Crippen LogP contribution in [0.4, 0.5) is 0 Å². The number of para-hydroxylation sites is 1. The maximum Gasteiger partial charge on any atom is 0.147 e. The van der Waals surface area contributed by atoms with Gasteiger partial charge in [-0.25, -0.2) is 8.42 Å². The Balaban J connectivity index is 2.20. The molecule has 0 aliphatic heterocycles. The van der Waals surface area contributed by atoms with Crippen molar-refractivity contribution in [2.45, 2.75) is 25.8 Å². The van der Waals surface area contributed by atoms with Gasteiger partial charge in [-0.2, -0.15) is 0 Å². The summed E-state index contributed by atoms with van der Waals surface area (Å²) in [6.45, 7) is 1.42. The molecule has 1 aromatic carbocycles. The van der Waals surface area contributed by atoms with Crippen LogP contribution >= 0.6 is 0 Å². The molecule has 0 radical (unpaired) electrons. The summed E-state index contributed by atoms with van der Waals surface area (Å²) < 4.78 is 24.6. The topological polar surface area (TPSA) is 65.1 Å². The lowest BCUT2D eigenvalue weighted by Gasteiger charge is -2.04. The van der Waals surface area contributed by atoms with Crippen molar-refractivity contribution in [3.05, 3.63) is 36.0 Å². The summed E-state index contributed by atoms with van der Waals surface area (Å²) in [7, 11) is -2.88. The van der Waals surface area contributed by atoms with E-state index < -0.39 is 9.84 Å². The van der Waals surface area contributed by atoms with Gasteiger partial charge in [0.15, 0.2) is 0 Å². The van der Waals surface area contributed by atoms with E-state index in [9.17, 15) is 8.42 Å². The highest BCUT2D eigenvalue weighted by molar-refractivity contribution is 7.90. The first-order chi connectivity index (χ1) is 9.51.